The van der Waals surface area contributed by atoms with Crippen LogP contribution in [0.15, 0.2) is 28.6 Å². The van der Waals surface area contributed by atoms with Crippen LogP contribution in [0.4, 0.5) is 0 Å². The first kappa shape index (κ1) is 13.8. The molecule has 0 saturated heterocycles. The van der Waals surface area contributed by atoms with Crippen LogP contribution in [0.3, 0.4) is 0 Å². The molecule has 0 radical (unpaired) electrons. The van der Waals surface area contributed by atoms with E-state index in [0.717, 1.165) is 17.8 Å². The molecule has 0 fully saturated rings. The summed E-state index contributed by atoms with van der Waals surface area (Å²) in [6.07, 6.45) is 2.50. The van der Waals surface area contributed by atoms with Crippen LogP contribution in [0.25, 0.3) is 10.2 Å². The highest BCUT2D eigenvalue weighted by Gasteiger charge is 2.04. The van der Waals surface area contributed by atoms with Crippen molar-refractivity contribution in [2.45, 2.75) is 37.1 Å². The van der Waals surface area contributed by atoms with Crippen molar-refractivity contribution in [1.29, 1.82) is 0 Å². The van der Waals surface area contributed by atoms with Crippen molar-refractivity contribution in [2.75, 3.05) is 12.3 Å². The van der Waals surface area contributed by atoms with Crippen molar-refractivity contribution >= 4 is 33.3 Å². The number of hydrogen-bond donors (Lipinski definition) is 1. The summed E-state index contributed by atoms with van der Waals surface area (Å²) in [5.74, 6) is 1.09. The molecule has 2 rings (SSSR count). The predicted octanol–water partition coefficient (Wildman–Crippen LogP) is 4.17. The molecule has 1 unspecified atom stereocenters. The average Bonchev–Trinajstić information content (AvgIpc) is 2.77. The summed E-state index contributed by atoms with van der Waals surface area (Å²) in [5, 5.41) is 3.54. The Morgan fingerprint density at radius 1 is 1.39 bits per heavy atom. The summed E-state index contributed by atoms with van der Waals surface area (Å²) in [4.78, 5) is 4.62. The third-order valence-electron chi connectivity index (χ3n) is 2.82. The first-order chi connectivity index (χ1) is 8.79. The van der Waals surface area contributed by atoms with Crippen molar-refractivity contribution in [2.24, 2.45) is 0 Å². The molecular formula is C14H20N2S2. The van der Waals surface area contributed by atoms with Gasteiger partial charge in [-0.25, -0.2) is 4.98 Å². The molecule has 4 heteroatoms. The van der Waals surface area contributed by atoms with Gasteiger partial charge in [0.1, 0.15) is 0 Å². The van der Waals surface area contributed by atoms with Crippen LogP contribution in [0.1, 0.15) is 26.7 Å². The Hall–Kier alpha value is -0.580. The number of para-hydroxylation sites is 1. The van der Waals surface area contributed by atoms with Crippen LogP contribution in [-0.2, 0) is 0 Å². The van der Waals surface area contributed by atoms with Crippen molar-refractivity contribution in [1.82, 2.24) is 10.3 Å². The van der Waals surface area contributed by atoms with Gasteiger partial charge < -0.3 is 5.32 Å². The minimum atomic E-state index is 0.631. The van der Waals surface area contributed by atoms with Crippen molar-refractivity contribution in [3.8, 4) is 0 Å². The van der Waals surface area contributed by atoms with Gasteiger partial charge in [-0.2, -0.15) is 0 Å². The number of thioether (sulfide) groups is 1. The summed E-state index contributed by atoms with van der Waals surface area (Å²) in [5.41, 5.74) is 1.12. The summed E-state index contributed by atoms with van der Waals surface area (Å²) in [6.45, 7) is 5.54. The molecule has 1 aromatic carbocycles. The van der Waals surface area contributed by atoms with E-state index < -0.39 is 0 Å². The van der Waals surface area contributed by atoms with Crippen LogP contribution >= 0.6 is 23.1 Å². The SMILES string of the molecule is CCCC(C)NCCSc1nc2ccccc2s1. The third-order valence-corrected chi connectivity index (χ3v) is 5.00. The molecule has 2 aromatic rings. The first-order valence-electron chi connectivity index (χ1n) is 6.51. The fraction of sp³-hybridized carbons (Fsp3) is 0.500. The monoisotopic (exact) mass is 280 g/mol. The van der Waals surface area contributed by atoms with Gasteiger partial charge in [0, 0.05) is 18.3 Å². The molecule has 18 heavy (non-hydrogen) atoms. The van der Waals surface area contributed by atoms with E-state index in [1.54, 1.807) is 11.3 Å². The van der Waals surface area contributed by atoms with Crippen molar-refractivity contribution < 1.29 is 0 Å². The van der Waals surface area contributed by atoms with Gasteiger partial charge in [-0.15, -0.1) is 11.3 Å². The van der Waals surface area contributed by atoms with Crippen LogP contribution in [0.5, 0.6) is 0 Å². The van der Waals surface area contributed by atoms with E-state index in [9.17, 15) is 0 Å². The maximum absolute atomic E-state index is 4.62. The van der Waals surface area contributed by atoms with Gasteiger partial charge in [0.2, 0.25) is 0 Å². The highest BCUT2D eigenvalue weighted by molar-refractivity contribution is 8.01. The lowest BCUT2D eigenvalue weighted by Gasteiger charge is -2.11. The van der Waals surface area contributed by atoms with Gasteiger partial charge in [-0.1, -0.05) is 37.2 Å². The Kier molecular flexibility index (Phi) is 5.47. The standard InChI is InChI=1S/C14H20N2S2/c1-3-6-11(2)15-9-10-17-14-16-12-7-4-5-8-13(12)18-14/h4-5,7-8,11,15H,3,6,9-10H2,1-2H3. The Labute approximate surface area is 117 Å². The molecule has 1 heterocycles. The number of nitrogens with one attached hydrogen (secondary N) is 1. The number of rotatable bonds is 7. The van der Waals surface area contributed by atoms with Gasteiger partial charge in [-0.3, -0.25) is 0 Å². The fourth-order valence-electron chi connectivity index (χ4n) is 1.89. The van der Waals surface area contributed by atoms with Gasteiger partial charge in [0.25, 0.3) is 0 Å². The molecule has 1 atom stereocenters. The quantitative estimate of drug-likeness (QED) is 0.609. The number of nitrogens with zero attached hydrogens (tertiary/aromatic N) is 1. The van der Waals surface area contributed by atoms with E-state index in [-0.39, 0.29) is 0 Å². The molecule has 2 nitrogen and oxygen atoms in total. The van der Waals surface area contributed by atoms with Crippen LogP contribution in [0.2, 0.25) is 0 Å². The Morgan fingerprint density at radius 3 is 3.00 bits per heavy atom. The highest BCUT2D eigenvalue weighted by atomic mass is 32.2. The maximum atomic E-state index is 4.62. The molecule has 1 N–H and O–H groups in total. The lowest BCUT2D eigenvalue weighted by atomic mass is 10.2. The van der Waals surface area contributed by atoms with Crippen LogP contribution in [-0.4, -0.2) is 23.3 Å². The first-order valence-corrected chi connectivity index (χ1v) is 8.31. The fourth-order valence-corrected chi connectivity index (χ4v) is 3.90. The maximum Gasteiger partial charge on any atom is 0.151 e. The second kappa shape index (κ2) is 7.12. The van der Waals surface area contributed by atoms with Gasteiger partial charge in [-0.05, 0) is 25.5 Å². The Balaban J connectivity index is 1.76. The van der Waals surface area contributed by atoms with E-state index in [4.69, 9.17) is 0 Å². The normalized spacial score (nSPS) is 13.0. The van der Waals surface area contributed by atoms with Gasteiger partial charge >= 0.3 is 0 Å². The molecule has 0 spiro atoms. The van der Waals surface area contributed by atoms with E-state index in [1.807, 2.05) is 17.8 Å². The van der Waals surface area contributed by atoms with E-state index >= 15 is 0 Å². The molecule has 0 aliphatic carbocycles. The van der Waals surface area contributed by atoms with E-state index in [0.29, 0.717) is 6.04 Å². The van der Waals surface area contributed by atoms with Crippen molar-refractivity contribution in [3.63, 3.8) is 0 Å². The number of aromatic nitrogens is 1. The second-order valence-electron chi connectivity index (χ2n) is 4.44. The minimum Gasteiger partial charge on any atom is -0.313 e. The number of fused-ring (bicyclic) bond motifs is 1. The zero-order valence-corrected chi connectivity index (χ0v) is 12.6. The smallest absolute Gasteiger partial charge is 0.151 e. The third kappa shape index (κ3) is 3.97. The topological polar surface area (TPSA) is 24.9 Å². The average molecular weight is 280 g/mol. The predicted molar refractivity (Wildman–Crippen MR) is 82.7 cm³/mol. The van der Waals surface area contributed by atoms with Crippen LogP contribution in [0, 0.1) is 0 Å². The summed E-state index contributed by atoms with van der Waals surface area (Å²) < 4.78 is 2.47. The van der Waals surface area contributed by atoms with E-state index in [2.05, 4.69) is 42.3 Å². The second-order valence-corrected chi connectivity index (χ2v) is 6.81. The highest BCUT2D eigenvalue weighted by Crippen LogP contribution is 2.28. The number of benzene rings is 1. The summed E-state index contributed by atoms with van der Waals surface area (Å²) >= 11 is 3.64. The van der Waals surface area contributed by atoms with Crippen molar-refractivity contribution in [3.05, 3.63) is 24.3 Å². The molecule has 0 saturated carbocycles. The summed E-state index contributed by atoms with van der Waals surface area (Å²) in [6, 6.07) is 8.97. The van der Waals surface area contributed by atoms with Gasteiger partial charge in [0.15, 0.2) is 4.34 Å². The van der Waals surface area contributed by atoms with Gasteiger partial charge in [0.05, 0.1) is 10.2 Å². The number of thiazole rings is 1. The Bertz CT molecular complexity index is 448. The lowest BCUT2D eigenvalue weighted by Crippen LogP contribution is -2.27. The largest absolute Gasteiger partial charge is 0.313 e. The Morgan fingerprint density at radius 2 is 2.22 bits per heavy atom. The molecule has 0 bridgehead atoms. The molecule has 98 valence electrons. The van der Waals surface area contributed by atoms with E-state index in [1.165, 1.54) is 21.9 Å². The molecular weight excluding hydrogens is 260 g/mol. The number of hydrogen-bond acceptors (Lipinski definition) is 4. The summed E-state index contributed by atoms with van der Waals surface area (Å²) in [7, 11) is 0. The molecule has 0 amide bonds. The lowest BCUT2D eigenvalue weighted by molar-refractivity contribution is 0.526. The molecule has 1 aromatic heterocycles. The minimum absolute atomic E-state index is 0.631. The van der Waals surface area contributed by atoms with Crippen LogP contribution < -0.4 is 5.32 Å². The zero-order valence-electron chi connectivity index (χ0n) is 11.0. The molecule has 0 aliphatic rings. The molecule has 0 aliphatic heterocycles. The zero-order chi connectivity index (χ0) is 12.8.